The first-order valence-electron chi connectivity index (χ1n) is 5.96. The quantitative estimate of drug-likeness (QED) is 0.677. The fourth-order valence-corrected chi connectivity index (χ4v) is 1.51. The third kappa shape index (κ3) is 3.38. The van der Waals surface area contributed by atoms with Crippen LogP contribution in [0.5, 0.6) is 5.75 Å². The van der Waals surface area contributed by atoms with E-state index >= 15 is 0 Å². The Labute approximate surface area is 116 Å². The molecule has 6 nitrogen and oxygen atoms in total. The molecule has 0 fully saturated rings. The highest BCUT2D eigenvalue weighted by molar-refractivity contribution is 6.00. The van der Waals surface area contributed by atoms with Crippen LogP contribution in [0, 0.1) is 0 Å². The van der Waals surface area contributed by atoms with Gasteiger partial charge < -0.3 is 4.74 Å². The topological polar surface area (TPSA) is 76.5 Å². The summed E-state index contributed by atoms with van der Waals surface area (Å²) in [4.78, 5) is 19.5. The van der Waals surface area contributed by atoms with Crippen LogP contribution in [-0.4, -0.2) is 28.7 Å². The van der Waals surface area contributed by atoms with Gasteiger partial charge in [0.05, 0.1) is 19.0 Å². The van der Waals surface area contributed by atoms with Crippen molar-refractivity contribution in [1.82, 2.24) is 15.4 Å². The van der Waals surface area contributed by atoms with Crippen molar-refractivity contribution in [3.05, 3.63) is 54.1 Å². The van der Waals surface area contributed by atoms with Gasteiger partial charge >= 0.3 is 0 Å². The van der Waals surface area contributed by atoms with Crippen molar-refractivity contribution in [2.75, 3.05) is 7.11 Å². The summed E-state index contributed by atoms with van der Waals surface area (Å²) in [6.07, 6.45) is 4.34. The van der Waals surface area contributed by atoms with Crippen molar-refractivity contribution in [3.63, 3.8) is 0 Å². The Morgan fingerprint density at radius 2 is 2.00 bits per heavy atom. The molecule has 1 N–H and O–H groups in total. The molecule has 1 heterocycles. The van der Waals surface area contributed by atoms with E-state index in [2.05, 4.69) is 20.5 Å². The molecule has 0 spiro atoms. The zero-order valence-corrected chi connectivity index (χ0v) is 11.2. The molecule has 0 radical (unpaired) electrons. The largest absolute Gasteiger partial charge is 0.497 e. The maximum absolute atomic E-state index is 11.7. The van der Waals surface area contributed by atoms with Gasteiger partial charge in [-0.1, -0.05) is 0 Å². The predicted molar refractivity (Wildman–Crippen MR) is 74.7 cm³/mol. The third-order valence-corrected chi connectivity index (χ3v) is 2.63. The Morgan fingerprint density at radius 1 is 1.25 bits per heavy atom. The van der Waals surface area contributed by atoms with Gasteiger partial charge in [0.25, 0.3) is 5.91 Å². The molecule has 0 bridgehead atoms. The summed E-state index contributed by atoms with van der Waals surface area (Å²) >= 11 is 0. The highest BCUT2D eigenvalue weighted by atomic mass is 16.5. The van der Waals surface area contributed by atoms with E-state index in [0.717, 1.165) is 11.3 Å². The minimum absolute atomic E-state index is 0.221. The standard InChI is InChI=1S/C14H14N4O2/c1-10(11-3-5-12(20-2)6-4-11)17-18-14(19)13-9-15-7-8-16-13/h3-9H,1-2H3,(H,18,19)/b17-10-. The zero-order chi connectivity index (χ0) is 14.4. The highest BCUT2D eigenvalue weighted by Crippen LogP contribution is 2.11. The lowest BCUT2D eigenvalue weighted by Crippen LogP contribution is -2.20. The monoisotopic (exact) mass is 270 g/mol. The lowest BCUT2D eigenvalue weighted by atomic mass is 10.1. The third-order valence-electron chi connectivity index (χ3n) is 2.63. The van der Waals surface area contributed by atoms with Gasteiger partial charge in [-0.05, 0) is 36.8 Å². The van der Waals surface area contributed by atoms with Crippen LogP contribution in [0.4, 0.5) is 0 Å². The molecule has 0 aliphatic heterocycles. The first-order chi connectivity index (χ1) is 9.70. The summed E-state index contributed by atoms with van der Waals surface area (Å²) in [5.41, 5.74) is 4.24. The predicted octanol–water partition coefficient (Wildman–Crippen LogP) is 1.64. The van der Waals surface area contributed by atoms with Gasteiger partial charge in [0.15, 0.2) is 0 Å². The van der Waals surface area contributed by atoms with Crippen LogP contribution in [0.1, 0.15) is 23.0 Å². The Kier molecular flexibility index (Phi) is 4.39. The molecule has 1 amide bonds. The summed E-state index contributed by atoms with van der Waals surface area (Å²) in [5, 5.41) is 4.03. The number of rotatable bonds is 4. The number of nitrogens with zero attached hydrogens (tertiary/aromatic N) is 3. The number of nitrogens with one attached hydrogen (secondary N) is 1. The smallest absolute Gasteiger partial charge is 0.291 e. The number of benzene rings is 1. The maximum Gasteiger partial charge on any atom is 0.291 e. The molecule has 1 aromatic heterocycles. The lowest BCUT2D eigenvalue weighted by Gasteiger charge is -2.04. The van der Waals surface area contributed by atoms with E-state index in [0.29, 0.717) is 5.71 Å². The first kappa shape index (κ1) is 13.7. The SMILES string of the molecule is COc1ccc(/C(C)=N\NC(=O)c2cnccn2)cc1. The van der Waals surface area contributed by atoms with Gasteiger partial charge in [-0.25, -0.2) is 10.4 Å². The molecule has 0 aliphatic carbocycles. The number of carbonyl (C=O) groups excluding carboxylic acids is 1. The van der Waals surface area contributed by atoms with Gasteiger partial charge in [-0.2, -0.15) is 5.10 Å². The molecular formula is C14H14N4O2. The van der Waals surface area contributed by atoms with Gasteiger partial charge in [0.2, 0.25) is 0 Å². The highest BCUT2D eigenvalue weighted by Gasteiger charge is 2.06. The molecular weight excluding hydrogens is 256 g/mol. The summed E-state index contributed by atoms with van der Waals surface area (Å²) in [5.74, 6) is 0.371. The fourth-order valence-electron chi connectivity index (χ4n) is 1.51. The van der Waals surface area contributed by atoms with E-state index < -0.39 is 5.91 Å². The van der Waals surface area contributed by atoms with Gasteiger partial charge in [0, 0.05) is 12.4 Å². The van der Waals surface area contributed by atoms with E-state index in [-0.39, 0.29) is 5.69 Å². The van der Waals surface area contributed by atoms with Crippen molar-refractivity contribution in [2.45, 2.75) is 6.92 Å². The van der Waals surface area contributed by atoms with Crippen molar-refractivity contribution in [1.29, 1.82) is 0 Å². The Bertz CT molecular complexity index is 609. The number of methoxy groups -OCH3 is 1. The molecule has 6 heteroatoms. The Morgan fingerprint density at radius 3 is 2.60 bits per heavy atom. The first-order valence-corrected chi connectivity index (χ1v) is 5.96. The Balaban J connectivity index is 2.05. The molecule has 2 aromatic rings. The second-order valence-corrected chi connectivity index (χ2v) is 3.96. The number of amides is 1. The molecule has 0 saturated heterocycles. The van der Waals surface area contributed by atoms with Crippen molar-refractivity contribution < 1.29 is 9.53 Å². The number of hydrogen-bond acceptors (Lipinski definition) is 5. The van der Waals surface area contributed by atoms with Crippen LogP contribution in [-0.2, 0) is 0 Å². The summed E-state index contributed by atoms with van der Waals surface area (Å²) in [6, 6.07) is 7.40. The van der Waals surface area contributed by atoms with Crippen LogP contribution in [0.2, 0.25) is 0 Å². The van der Waals surface area contributed by atoms with E-state index in [1.165, 1.54) is 18.6 Å². The molecule has 20 heavy (non-hydrogen) atoms. The molecule has 1 aromatic carbocycles. The van der Waals surface area contributed by atoms with Gasteiger partial charge in [-0.15, -0.1) is 0 Å². The maximum atomic E-state index is 11.7. The summed E-state index contributed by atoms with van der Waals surface area (Å²) < 4.78 is 5.08. The average Bonchev–Trinajstić information content (AvgIpc) is 2.53. The molecule has 0 unspecified atom stereocenters. The normalized spacial score (nSPS) is 11.0. The van der Waals surface area contributed by atoms with E-state index in [1.807, 2.05) is 24.3 Å². The Hall–Kier alpha value is -2.76. The number of hydrazone groups is 1. The number of ether oxygens (including phenoxy) is 1. The minimum atomic E-state index is -0.397. The summed E-state index contributed by atoms with van der Waals surface area (Å²) in [6.45, 7) is 1.80. The van der Waals surface area contributed by atoms with Gasteiger partial charge in [0.1, 0.15) is 11.4 Å². The number of aromatic nitrogens is 2. The van der Waals surface area contributed by atoms with Crippen LogP contribution in [0.15, 0.2) is 48.0 Å². The number of carbonyl (C=O) groups is 1. The molecule has 102 valence electrons. The zero-order valence-electron chi connectivity index (χ0n) is 11.2. The van der Waals surface area contributed by atoms with Gasteiger partial charge in [-0.3, -0.25) is 9.78 Å². The fraction of sp³-hybridized carbons (Fsp3) is 0.143. The molecule has 2 rings (SSSR count). The van der Waals surface area contributed by atoms with Crippen LogP contribution in [0.25, 0.3) is 0 Å². The van der Waals surface area contributed by atoms with Crippen LogP contribution >= 0.6 is 0 Å². The average molecular weight is 270 g/mol. The second kappa shape index (κ2) is 6.42. The van der Waals surface area contributed by atoms with Crippen molar-refractivity contribution in [3.8, 4) is 5.75 Å². The molecule has 0 aliphatic rings. The van der Waals surface area contributed by atoms with E-state index in [1.54, 1.807) is 14.0 Å². The van der Waals surface area contributed by atoms with E-state index in [9.17, 15) is 4.79 Å². The molecule has 0 atom stereocenters. The molecule has 0 saturated carbocycles. The van der Waals surface area contributed by atoms with E-state index in [4.69, 9.17) is 4.74 Å². The van der Waals surface area contributed by atoms with Crippen molar-refractivity contribution in [2.24, 2.45) is 5.10 Å². The minimum Gasteiger partial charge on any atom is -0.497 e. The van der Waals surface area contributed by atoms with Crippen LogP contribution in [0.3, 0.4) is 0 Å². The number of hydrogen-bond donors (Lipinski definition) is 1. The lowest BCUT2D eigenvalue weighted by molar-refractivity contribution is 0.0949. The summed E-state index contributed by atoms with van der Waals surface area (Å²) in [7, 11) is 1.61. The van der Waals surface area contributed by atoms with Crippen LogP contribution < -0.4 is 10.2 Å². The van der Waals surface area contributed by atoms with Crippen molar-refractivity contribution >= 4 is 11.6 Å². The second-order valence-electron chi connectivity index (χ2n) is 3.96.